The quantitative estimate of drug-likeness (QED) is 0.498. The van der Waals surface area contributed by atoms with Crippen molar-refractivity contribution >= 4 is 11.9 Å². The topological polar surface area (TPSA) is 116 Å². The minimum Gasteiger partial charge on any atom is -0.508 e. The van der Waals surface area contributed by atoms with E-state index in [1.165, 1.54) is 18.2 Å². The van der Waals surface area contributed by atoms with Crippen LogP contribution in [0.15, 0.2) is 18.2 Å². The Kier molecular flexibility index (Phi) is 8.21. The van der Waals surface area contributed by atoms with Gasteiger partial charge in [0, 0.05) is 18.6 Å². The van der Waals surface area contributed by atoms with Crippen LogP contribution in [0.1, 0.15) is 32.8 Å². The number of ether oxygens (including phenoxy) is 1. The summed E-state index contributed by atoms with van der Waals surface area (Å²) in [7, 11) is 0. The summed E-state index contributed by atoms with van der Waals surface area (Å²) in [4.78, 5) is 24.6. The lowest BCUT2D eigenvalue weighted by Crippen LogP contribution is -2.48. The lowest BCUT2D eigenvalue weighted by molar-refractivity contribution is -0.149. The monoisotopic (exact) mass is 353 g/mol. The Morgan fingerprint density at radius 3 is 2.44 bits per heavy atom. The SMILES string of the molecule is CCOC(=O)[C@@H](NC(=O)C(CCO)Cc1ccc(O)cc1O)C(C)C. The van der Waals surface area contributed by atoms with Crippen LogP contribution in [0.2, 0.25) is 0 Å². The van der Waals surface area contributed by atoms with Crippen LogP contribution < -0.4 is 5.32 Å². The third kappa shape index (κ3) is 6.26. The average Bonchev–Trinajstić information content (AvgIpc) is 2.54. The summed E-state index contributed by atoms with van der Waals surface area (Å²) < 4.78 is 4.99. The number of aliphatic hydroxyl groups excluding tert-OH is 1. The van der Waals surface area contributed by atoms with Gasteiger partial charge in [-0.1, -0.05) is 19.9 Å². The number of esters is 1. The number of aromatic hydroxyl groups is 2. The predicted octanol–water partition coefficient (Wildman–Crippen LogP) is 1.34. The summed E-state index contributed by atoms with van der Waals surface area (Å²) in [6, 6.07) is 3.35. The minimum absolute atomic E-state index is 0.0772. The Balaban J connectivity index is 2.89. The molecule has 7 nitrogen and oxygen atoms in total. The Morgan fingerprint density at radius 2 is 1.92 bits per heavy atom. The Morgan fingerprint density at radius 1 is 1.24 bits per heavy atom. The zero-order valence-corrected chi connectivity index (χ0v) is 14.9. The minimum atomic E-state index is -0.776. The van der Waals surface area contributed by atoms with E-state index in [0.29, 0.717) is 5.56 Å². The van der Waals surface area contributed by atoms with Gasteiger partial charge in [-0.25, -0.2) is 4.79 Å². The van der Waals surface area contributed by atoms with Crippen LogP contribution in [-0.4, -0.2) is 46.5 Å². The van der Waals surface area contributed by atoms with E-state index in [1.807, 2.05) is 0 Å². The molecule has 1 rings (SSSR count). The first kappa shape index (κ1) is 20.8. The van der Waals surface area contributed by atoms with Gasteiger partial charge < -0.3 is 25.4 Å². The first-order chi connectivity index (χ1) is 11.8. The second kappa shape index (κ2) is 9.88. The molecule has 1 aromatic rings. The molecule has 1 amide bonds. The van der Waals surface area contributed by atoms with Gasteiger partial charge in [0.05, 0.1) is 6.61 Å². The van der Waals surface area contributed by atoms with Gasteiger partial charge >= 0.3 is 5.97 Å². The molecule has 2 atom stereocenters. The van der Waals surface area contributed by atoms with Crippen molar-refractivity contribution in [3.63, 3.8) is 0 Å². The van der Waals surface area contributed by atoms with Crippen LogP contribution in [0.25, 0.3) is 0 Å². The van der Waals surface area contributed by atoms with Crippen molar-refractivity contribution in [3.8, 4) is 11.5 Å². The highest BCUT2D eigenvalue weighted by molar-refractivity contribution is 5.86. The Hall–Kier alpha value is -2.28. The standard InChI is InChI=1S/C18H27NO6/c1-4-25-18(24)16(11(2)3)19-17(23)13(7-8-20)9-12-5-6-14(21)10-15(12)22/h5-6,10-11,13,16,20-22H,4,7-9H2,1-3H3,(H,19,23)/t13?,16-/m0/s1. The van der Waals surface area contributed by atoms with Crippen molar-refractivity contribution in [1.29, 1.82) is 0 Å². The van der Waals surface area contributed by atoms with Crippen LogP contribution in [0, 0.1) is 11.8 Å². The highest BCUT2D eigenvalue weighted by atomic mass is 16.5. The molecule has 4 N–H and O–H groups in total. The highest BCUT2D eigenvalue weighted by Gasteiger charge is 2.29. The fourth-order valence-corrected chi connectivity index (χ4v) is 2.47. The largest absolute Gasteiger partial charge is 0.508 e. The van der Waals surface area contributed by atoms with Gasteiger partial charge in [0.25, 0.3) is 0 Å². The zero-order chi connectivity index (χ0) is 19.0. The first-order valence-corrected chi connectivity index (χ1v) is 8.38. The molecule has 0 bridgehead atoms. The van der Waals surface area contributed by atoms with E-state index in [0.717, 1.165) is 0 Å². The Bertz CT molecular complexity index is 587. The summed E-state index contributed by atoms with van der Waals surface area (Å²) in [5, 5.41) is 31.2. The first-order valence-electron chi connectivity index (χ1n) is 8.38. The van der Waals surface area contributed by atoms with E-state index in [9.17, 15) is 24.9 Å². The maximum absolute atomic E-state index is 12.6. The van der Waals surface area contributed by atoms with Crippen molar-refractivity contribution in [2.24, 2.45) is 11.8 Å². The van der Waals surface area contributed by atoms with Crippen LogP contribution in [-0.2, 0) is 20.7 Å². The molecule has 0 aliphatic carbocycles. The summed E-state index contributed by atoms with van der Waals surface area (Å²) in [6.45, 7) is 5.31. The number of phenolic OH excluding ortho intramolecular Hbond substituents is 2. The number of hydrogen-bond acceptors (Lipinski definition) is 6. The van der Waals surface area contributed by atoms with Gasteiger partial charge in [0.15, 0.2) is 0 Å². The van der Waals surface area contributed by atoms with E-state index >= 15 is 0 Å². The summed E-state index contributed by atoms with van der Waals surface area (Å²) in [5.74, 6) is -1.88. The second-order valence-corrected chi connectivity index (χ2v) is 6.21. The molecule has 1 unspecified atom stereocenters. The number of benzene rings is 1. The summed E-state index contributed by atoms with van der Waals surface area (Å²) in [5.41, 5.74) is 0.476. The number of rotatable bonds is 9. The number of carbonyl (C=O) groups excluding carboxylic acids is 2. The van der Waals surface area contributed by atoms with Crippen molar-refractivity contribution in [2.75, 3.05) is 13.2 Å². The van der Waals surface area contributed by atoms with Gasteiger partial charge in [-0.15, -0.1) is 0 Å². The molecule has 0 aromatic heterocycles. The van der Waals surface area contributed by atoms with Gasteiger partial charge in [0.2, 0.25) is 5.91 Å². The molecule has 7 heteroatoms. The lowest BCUT2D eigenvalue weighted by Gasteiger charge is -2.24. The van der Waals surface area contributed by atoms with E-state index in [-0.39, 0.29) is 43.5 Å². The normalized spacial score (nSPS) is 13.3. The molecule has 0 saturated heterocycles. The summed E-state index contributed by atoms with van der Waals surface area (Å²) >= 11 is 0. The third-order valence-electron chi connectivity index (χ3n) is 3.89. The van der Waals surface area contributed by atoms with Crippen molar-refractivity contribution in [3.05, 3.63) is 23.8 Å². The van der Waals surface area contributed by atoms with Gasteiger partial charge in [0.1, 0.15) is 17.5 Å². The number of aliphatic hydroxyl groups is 1. The number of hydrogen-bond donors (Lipinski definition) is 4. The van der Waals surface area contributed by atoms with Crippen molar-refractivity contribution in [2.45, 2.75) is 39.7 Å². The van der Waals surface area contributed by atoms with E-state index in [4.69, 9.17) is 4.74 Å². The van der Waals surface area contributed by atoms with Gasteiger partial charge in [-0.2, -0.15) is 0 Å². The zero-order valence-electron chi connectivity index (χ0n) is 14.9. The molecular formula is C18H27NO6. The smallest absolute Gasteiger partial charge is 0.328 e. The second-order valence-electron chi connectivity index (χ2n) is 6.21. The molecule has 0 aliphatic heterocycles. The van der Waals surface area contributed by atoms with Crippen LogP contribution in [0.3, 0.4) is 0 Å². The van der Waals surface area contributed by atoms with Crippen molar-refractivity contribution < 1.29 is 29.6 Å². The van der Waals surface area contributed by atoms with Crippen LogP contribution >= 0.6 is 0 Å². The van der Waals surface area contributed by atoms with Gasteiger partial charge in [-0.3, -0.25) is 4.79 Å². The van der Waals surface area contributed by atoms with Crippen LogP contribution in [0.5, 0.6) is 11.5 Å². The molecular weight excluding hydrogens is 326 g/mol. The van der Waals surface area contributed by atoms with E-state index in [2.05, 4.69) is 5.32 Å². The fourth-order valence-electron chi connectivity index (χ4n) is 2.47. The molecule has 0 aliphatic rings. The molecule has 0 radical (unpaired) electrons. The fraction of sp³-hybridized carbons (Fsp3) is 0.556. The molecule has 0 heterocycles. The number of carbonyl (C=O) groups is 2. The molecule has 0 saturated carbocycles. The predicted molar refractivity (Wildman–Crippen MR) is 92.1 cm³/mol. The average molecular weight is 353 g/mol. The number of amides is 1. The molecule has 1 aromatic carbocycles. The third-order valence-corrected chi connectivity index (χ3v) is 3.89. The Labute approximate surface area is 147 Å². The van der Waals surface area contributed by atoms with E-state index in [1.54, 1.807) is 20.8 Å². The van der Waals surface area contributed by atoms with Gasteiger partial charge in [-0.05, 0) is 37.3 Å². The van der Waals surface area contributed by atoms with Crippen LogP contribution in [0.4, 0.5) is 0 Å². The molecule has 0 spiro atoms. The van der Waals surface area contributed by atoms with Crippen molar-refractivity contribution in [1.82, 2.24) is 5.32 Å². The summed E-state index contributed by atoms with van der Waals surface area (Å²) in [6.07, 6.45) is 0.353. The number of phenols is 2. The molecule has 25 heavy (non-hydrogen) atoms. The maximum Gasteiger partial charge on any atom is 0.328 e. The number of nitrogens with one attached hydrogen (secondary N) is 1. The maximum atomic E-state index is 12.6. The lowest BCUT2D eigenvalue weighted by atomic mass is 9.93. The van der Waals surface area contributed by atoms with E-state index < -0.39 is 23.8 Å². The highest BCUT2D eigenvalue weighted by Crippen LogP contribution is 2.26. The molecule has 0 fully saturated rings. The molecule has 140 valence electrons.